The molecule has 33 heavy (non-hydrogen) atoms. The molecule has 7 heteroatoms. The number of aryl methyl sites for hydroxylation is 1. The number of nitrogens with one attached hydrogen (secondary N) is 1. The van der Waals surface area contributed by atoms with Crippen LogP contribution < -0.4 is 15.1 Å². The molecule has 0 saturated carbocycles. The lowest BCUT2D eigenvalue weighted by Crippen LogP contribution is -2.54. The number of halogens is 1. The molecule has 4 rings (SSSR count). The van der Waals surface area contributed by atoms with Crippen LogP contribution in [0.15, 0.2) is 48.0 Å². The van der Waals surface area contributed by atoms with Gasteiger partial charge in [-0.2, -0.15) is 0 Å². The Balaban J connectivity index is 1.81. The number of rotatable bonds is 3. The second kappa shape index (κ2) is 8.43. The zero-order valence-electron chi connectivity index (χ0n) is 19.3. The van der Waals surface area contributed by atoms with Gasteiger partial charge >= 0.3 is 0 Å². The van der Waals surface area contributed by atoms with Crippen molar-refractivity contribution in [2.75, 3.05) is 16.8 Å². The first-order chi connectivity index (χ1) is 15.5. The van der Waals surface area contributed by atoms with Crippen LogP contribution in [-0.2, 0) is 16.0 Å². The van der Waals surface area contributed by atoms with Crippen molar-refractivity contribution >= 4 is 63.8 Å². The SMILES string of the molecule is CCc1ccccc1N1C(=O)/C(=C/c2cc3c(cc2Cl)N(C)C(C)(C)C=C3C)C(=O)NC1=S. The molecule has 0 spiro atoms. The molecule has 2 heterocycles. The molecule has 5 nitrogen and oxygen atoms in total. The first-order valence-electron chi connectivity index (χ1n) is 10.8. The van der Waals surface area contributed by atoms with Crippen LogP contribution in [0, 0.1) is 0 Å². The summed E-state index contributed by atoms with van der Waals surface area (Å²) in [5.41, 5.74) is 5.20. The summed E-state index contributed by atoms with van der Waals surface area (Å²) in [4.78, 5) is 29.8. The molecule has 2 amide bonds. The van der Waals surface area contributed by atoms with Gasteiger partial charge in [0.2, 0.25) is 0 Å². The number of amides is 2. The van der Waals surface area contributed by atoms with Crippen molar-refractivity contribution in [3.05, 3.63) is 69.8 Å². The third-order valence-electron chi connectivity index (χ3n) is 6.35. The summed E-state index contributed by atoms with van der Waals surface area (Å²) in [6, 6.07) is 11.4. The molecule has 0 bridgehead atoms. The number of thiocarbonyl (C=S) groups is 1. The van der Waals surface area contributed by atoms with Crippen LogP contribution in [0.4, 0.5) is 11.4 Å². The number of carbonyl (C=O) groups is 2. The number of allylic oxidation sites excluding steroid dienone is 1. The first kappa shape index (κ1) is 23.2. The Morgan fingerprint density at radius 1 is 1.15 bits per heavy atom. The Hall–Kier alpha value is -2.96. The van der Waals surface area contributed by atoms with Gasteiger partial charge < -0.3 is 4.90 Å². The standard InChI is InChI=1S/C26H26ClN3O2S/c1-6-16-9-7-8-10-21(16)30-24(32)19(23(31)28-25(30)33)12-17-11-18-15(2)14-26(3,4)29(5)22(18)13-20(17)27/h7-14H,6H2,1-5H3,(H,28,31,33)/b19-12+. The van der Waals surface area contributed by atoms with Crippen LogP contribution in [0.5, 0.6) is 0 Å². The van der Waals surface area contributed by atoms with Crippen molar-refractivity contribution in [2.24, 2.45) is 0 Å². The fourth-order valence-corrected chi connectivity index (χ4v) is 4.84. The van der Waals surface area contributed by atoms with E-state index in [1.807, 2.05) is 50.4 Å². The number of benzene rings is 2. The maximum absolute atomic E-state index is 13.5. The number of para-hydroxylation sites is 1. The molecular formula is C26H26ClN3O2S. The van der Waals surface area contributed by atoms with Gasteiger partial charge in [0, 0.05) is 23.3 Å². The third kappa shape index (κ3) is 3.98. The quantitative estimate of drug-likeness (QED) is 0.365. The lowest BCUT2D eigenvalue weighted by atomic mass is 9.88. The summed E-state index contributed by atoms with van der Waals surface area (Å²) in [6.07, 6.45) is 4.47. The monoisotopic (exact) mass is 479 g/mol. The zero-order chi connectivity index (χ0) is 24.1. The first-order valence-corrected chi connectivity index (χ1v) is 11.6. The topological polar surface area (TPSA) is 52.7 Å². The summed E-state index contributed by atoms with van der Waals surface area (Å²) >= 11 is 12.0. The van der Waals surface area contributed by atoms with E-state index in [9.17, 15) is 9.59 Å². The predicted octanol–water partition coefficient (Wildman–Crippen LogP) is 5.37. The van der Waals surface area contributed by atoms with E-state index in [0.717, 1.165) is 28.8 Å². The average Bonchev–Trinajstić information content (AvgIpc) is 2.75. The molecule has 1 N–H and O–H groups in total. The minimum Gasteiger partial charge on any atom is -0.365 e. The van der Waals surface area contributed by atoms with Crippen molar-refractivity contribution in [2.45, 2.75) is 39.7 Å². The van der Waals surface area contributed by atoms with Gasteiger partial charge in [-0.25, -0.2) is 0 Å². The van der Waals surface area contributed by atoms with Crippen molar-refractivity contribution in [3.8, 4) is 0 Å². The Kier molecular flexibility index (Phi) is 5.93. The van der Waals surface area contributed by atoms with Gasteiger partial charge in [0.25, 0.3) is 11.8 Å². The van der Waals surface area contributed by atoms with Crippen LogP contribution in [0.2, 0.25) is 5.02 Å². The summed E-state index contributed by atoms with van der Waals surface area (Å²) in [6.45, 7) is 8.34. The number of likely N-dealkylation sites (N-methyl/N-ethyl adjacent to an activating group) is 1. The van der Waals surface area contributed by atoms with E-state index in [2.05, 4.69) is 37.1 Å². The summed E-state index contributed by atoms with van der Waals surface area (Å²) in [5, 5.41) is 3.19. The van der Waals surface area contributed by atoms with Gasteiger partial charge in [-0.3, -0.25) is 19.8 Å². The van der Waals surface area contributed by atoms with E-state index in [4.69, 9.17) is 23.8 Å². The van der Waals surface area contributed by atoms with Crippen molar-refractivity contribution < 1.29 is 9.59 Å². The highest BCUT2D eigenvalue weighted by molar-refractivity contribution is 7.80. The molecule has 1 fully saturated rings. The Morgan fingerprint density at radius 2 is 1.85 bits per heavy atom. The molecule has 2 aliphatic heterocycles. The van der Waals surface area contributed by atoms with Crippen LogP contribution in [-0.4, -0.2) is 29.5 Å². The van der Waals surface area contributed by atoms with Crippen LogP contribution in [0.25, 0.3) is 11.6 Å². The van der Waals surface area contributed by atoms with E-state index < -0.39 is 11.8 Å². The maximum atomic E-state index is 13.5. The van der Waals surface area contributed by atoms with E-state index in [1.165, 1.54) is 4.90 Å². The molecule has 2 aromatic rings. The molecule has 2 aliphatic rings. The second-order valence-electron chi connectivity index (χ2n) is 8.87. The second-order valence-corrected chi connectivity index (χ2v) is 9.66. The van der Waals surface area contributed by atoms with Crippen molar-refractivity contribution in [1.82, 2.24) is 5.32 Å². The van der Waals surface area contributed by atoms with Gasteiger partial charge in [-0.1, -0.05) is 42.8 Å². The highest BCUT2D eigenvalue weighted by Gasteiger charge is 2.36. The number of nitrogens with zero attached hydrogens (tertiary/aromatic N) is 2. The lowest BCUT2D eigenvalue weighted by Gasteiger charge is -2.41. The molecule has 1 saturated heterocycles. The molecule has 0 atom stereocenters. The minimum absolute atomic E-state index is 0.0116. The van der Waals surface area contributed by atoms with Crippen LogP contribution in [0.1, 0.15) is 44.4 Å². The maximum Gasteiger partial charge on any atom is 0.270 e. The number of carbonyl (C=O) groups excluding carboxylic acids is 2. The zero-order valence-corrected chi connectivity index (χ0v) is 20.9. The summed E-state index contributed by atoms with van der Waals surface area (Å²) in [7, 11) is 2.03. The smallest absolute Gasteiger partial charge is 0.270 e. The van der Waals surface area contributed by atoms with Gasteiger partial charge in [0.1, 0.15) is 5.57 Å². The molecule has 2 aromatic carbocycles. The summed E-state index contributed by atoms with van der Waals surface area (Å²) in [5.74, 6) is -1.00. The van der Waals surface area contributed by atoms with Crippen molar-refractivity contribution in [3.63, 3.8) is 0 Å². The number of fused-ring (bicyclic) bond motifs is 1. The van der Waals surface area contributed by atoms with Gasteiger partial charge in [0.15, 0.2) is 5.11 Å². The Labute approximate surface area is 204 Å². The molecule has 0 aromatic heterocycles. The fraction of sp³-hybridized carbons (Fsp3) is 0.269. The average molecular weight is 480 g/mol. The molecule has 170 valence electrons. The minimum atomic E-state index is -0.533. The highest BCUT2D eigenvalue weighted by atomic mass is 35.5. The van der Waals surface area contributed by atoms with Crippen LogP contribution >= 0.6 is 23.8 Å². The predicted molar refractivity (Wildman–Crippen MR) is 140 cm³/mol. The molecule has 0 radical (unpaired) electrons. The normalized spacial score (nSPS) is 18.9. The third-order valence-corrected chi connectivity index (χ3v) is 6.96. The molecule has 0 unspecified atom stereocenters. The lowest BCUT2D eigenvalue weighted by molar-refractivity contribution is -0.122. The Morgan fingerprint density at radius 3 is 2.55 bits per heavy atom. The number of hydrogen-bond acceptors (Lipinski definition) is 4. The molecular weight excluding hydrogens is 454 g/mol. The highest BCUT2D eigenvalue weighted by Crippen LogP contribution is 2.41. The van der Waals surface area contributed by atoms with Crippen LogP contribution in [0.3, 0.4) is 0 Å². The van der Waals surface area contributed by atoms with Gasteiger partial charge in [-0.05, 0) is 80.4 Å². The van der Waals surface area contributed by atoms with Gasteiger partial charge in [-0.15, -0.1) is 0 Å². The van der Waals surface area contributed by atoms with E-state index in [0.29, 0.717) is 16.3 Å². The van der Waals surface area contributed by atoms with Gasteiger partial charge in [0.05, 0.1) is 11.2 Å². The largest absolute Gasteiger partial charge is 0.365 e. The summed E-state index contributed by atoms with van der Waals surface area (Å²) < 4.78 is 0. The van der Waals surface area contributed by atoms with E-state index in [1.54, 1.807) is 6.08 Å². The number of hydrogen-bond donors (Lipinski definition) is 1. The van der Waals surface area contributed by atoms with E-state index >= 15 is 0 Å². The number of anilines is 2. The van der Waals surface area contributed by atoms with E-state index in [-0.39, 0.29) is 16.2 Å². The fourth-order valence-electron chi connectivity index (χ4n) is 4.36. The Bertz CT molecular complexity index is 1260. The molecule has 0 aliphatic carbocycles. The van der Waals surface area contributed by atoms with Crippen molar-refractivity contribution in [1.29, 1.82) is 0 Å².